The molecule has 0 amide bonds. The fraction of sp³-hybridized carbons (Fsp3) is 0.550. The summed E-state index contributed by atoms with van der Waals surface area (Å²) < 4.78 is 0. The Balaban J connectivity index is -0.000000514. The zero-order valence-electron chi connectivity index (χ0n) is 16.0. The number of hydrogen-bond acceptors (Lipinski definition) is 2. The van der Waals surface area contributed by atoms with Crippen LogP contribution in [0.1, 0.15) is 72.4 Å². The number of fused-ring (bicyclic) bond motifs is 1. The van der Waals surface area contributed by atoms with Crippen LogP contribution in [0.15, 0.2) is 12.1 Å². The van der Waals surface area contributed by atoms with Crippen LogP contribution < -0.4 is 10.2 Å². The van der Waals surface area contributed by atoms with Gasteiger partial charge in [-0.05, 0) is 34.8 Å². The summed E-state index contributed by atoms with van der Waals surface area (Å²) in [7, 11) is 0. The second-order valence-corrected chi connectivity index (χ2v) is 6.11. The molecular formula is C20H33O2Sb-2. The molecule has 0 saturated heterocycles. The normalized spacial score (nSPS) is 15.7. The third-order valence-corrected chi connectivity index (χ3v) is 3.92. The molecule has 0 spiro atoms. The van der Waals surface area contributed by atoms with Gasteiger partial charge in [-0.1, -0.05) is 81.4 Å². The van der Waals surface area contributed by atoms with Crippen molar-refractivity contribution in [3.63, 3.8) is 0 Å². The molecular weight excluding hydrogens is 394 g/mol. The fourth-order valence-corrected chi connectivity index (χ4v) is 2.57. The second-order valence-electron chi connectivity index (χ2n) is 6.11. The van der Waals surface area contributed by atoms with E-state index in [0.29, 0.717) is 0 Å². The van der Waals surface area contributed by atoms with E-state index in [0.717, 1.165) is 24.0 Å². The average molecular weight is 427 g/mol. The summed E-state index contributed by atoms with van der Waals surface area (Å²) in [6.45, 7) is 23.6. The van der Waals surface area contributed by atoms with Crippen LogP contribution in [0.4, 0.5) is 0 Å². The number of rotatable bonds is 0. The zero-order valence-corrected chi connectivity index (χ0v) is 18.5. The monoisotopic (exact) mass is 426 g/mol. The second kappa shape index (κ2) is 12.1. The van der Waals surface area contributed by atoms with Crippen LogP contribution >= 0.6 is 0 Å². The van der Waals surface area contributed by atoms with Crippen molar-refractivity contribution in [3.05, 3.63) is 44.0 Å². The molecule has 0 saturated carbocycles. The van der Waals surface area contributed by atoms with E-state index in [2.05, 4.69) is 48.5 Å². The fourth-order valence-electron chi connectivity index (χ4n) is 2.57. The molecule has 2 nitrogen and oxygen atoms in total. The van der Waals surface area contributed by atoms with Crippen LogP contribution in [-0.4, -0.2) is 24.4 Å². The molecule has 0 heterocycles. The van der Waals surface area contributed by atoms with Gasteiger partial charge in [-0.2, -0.15) is 0 Å². The summed E-state index contributed by atoms with van der Waals surface area (Å²) in [5, 5.41) is 23.0. The molecule has 2 rings (SSSR count). The van der Waals surface area contributed by atoms with Gasteiger partial charge in [-0.15, -0.1) is 11.5 Å². The van der Waals surface area contributed by atoms with Crippen molar-refractivity contribution in [2.75, 3.05) is 0 Å². The summed E-state index contributed by atoms with van der Waals surface area (Å²) in [6, 6.07) is 3.11. The number of hydrogen-bond donors (Lipinski definition) is 0. The van der Waals surface area contributed by atoms with Gasteiger partial charge in [0.25, 0.3) is 0 Å². The summed E-state index contributed by atoms with van der Waals surface area (Å²) in [5.74, 6) is -0.742. The van der Waals surface area contributed by atoms with Crippen molar-refractivity contribution in [2.45, 2.75) is 72.1 Å². The van der Waals surface area contributed by atoms with E-state index in [4.69, 9.17) is 0 Å². The van der Waals surface area contributed by atoms with Crippen molar-refractivity contribution < 1.29 is 10.2 Å². The zero-order chi connectivity index (χ0) is 18.1. The summed E-state index contributed by atoms with van der Waals surface area (Å²) >= 11 is 0. The first-order valence-corrected chi connectivity index (χ1v) is 7.89. The molecule has 0 N–H and O–H groups in total. The van der Waals surface area contributed by atoms with E-state index in [1.165, 1.54) is 0 Å². The maximum absolute atomic E-state index is 11.5. The van der Waals surface area contributed by atoms with Gasteiger partial charge in [0.2, 0.25) is 0 Å². The van der Waals surface area contributed by atoms with E-state index in [9.17, 15) is 10.2 Å². The maximum Gasteiger partial charge on any atom is 0 e. The molecule has 0 bridgehead atoms. The van der Waals surface area contributed by atoms with Crippen molar-refractivity contribution in [1.82, 2.24) is 0 Å². The Labute approximate surface area is 162 Å². The van der Waals surface area contributed by atoms with Crippen molar-refractivity contribution in [3.8, 4) is 11.5 Å². The first kappa shape index (κ1) is 27.5. The Morgan fingerprint density at radius 3 is 1.13 bits per heavy atom. The van der Waals surface area contributed by atoms with Gasteiger partial charge in [0, 0.05) is 24.4 Å². The van der Waals surface area contributed by atoms with Crippen molar-refractivity contribution >= 4 is 24.4 Å². The van der Waals surface area contributed by atoms with Crippen LogP contribution in [0.2, 0.25) is 0 Å². The third-order valence-electron chi connectivity index (χ3n) is 3.92. The Morgan fingerprint density at radius 1 is 0.696 bits per heavy atom. The van der Waals surface area contributed by atoms with Crippen LogP contribution in [0.25, 0.3) is 0 Å². The Hall–Kier alpha value is -0.362. The number of benzene rings is 1. The first-order valence-electron chi connectivity index (χ1n) is 7.89. The average Bonchev–Trinajstić information content (AvgIpc) is 2.52. The molecule has 0 aromatic heterocycles. The minimum Gasteiger partial charge on any atom is -0.873 e. The maximum atomic E-state index is 11.5. The molecule has 1 aliphatic rings. The SMILES string of the molecule is CC1(C)CCC(C)(C)c2cc([O-])c([O-])cc21.[CH2]C.[CH2]C.[CH2]C.[Sb]. The Morgan fingerprint density at radius 2 is 0.913 bits per heavy atom. The van der Waals surface area contributed by atoms with Gasteiger partial charge >= 0.3 is 0 Å². The van der Waals surface area contributed by atoms with E-state index >= 15 is 0 Å². The van der Waals surface area contributed by atoms with E-state index in [1.807, 2.05) is 0 Å². The van der Waals surface area contributed by atoms with Crippen LogP contribution in [0.3, 0.4) is 0 Å². The van der Waals surface area contributed by atoms with E-state index in [-0.39, 0.29) is 46.8 Å². The molecule has 0 aliphatic heterocycles. The predicted molar refractivity (Wildman–Crippen MR) is 99.5 cm³/mol. The predicted octanol–water partition coefficient (Wildman–Crippen LogP) is 4.32. The van der Waals surface area contributed by atoms with E-state index in [1.54, 1.807) is 32.9 Å². The molecule has 0 atom stereocenters. The van der Waals surface area contributed by atoms with Crippen LogP contribution in [0, 0.1) is 20.8 Å². The molecule has 1 aliphatic carbocycles. The summed E-state index contributed by atoms with van der Waals surface area (Å²) in [5.41, 5.74) is 2.15. The minimum absolute atomic E-state index is 0. The molecule has 132 valence electrons. The van der Waals surface area contributed by atoms with Crippen LogP contribution in [0.5, 0.6) is 11.5 Å². The molecule has 0 unspecified atom stereocenters. The van der Waals surface area contributed by atoms with Gasteiger partial charge < -0.3 is 10.2 Å². The quantitative estimate of drug-likeness (QED) is 0.579. The van der Waals surface area contributed by atoms with Gasteiger partial charge in [0.15, 0.2) is 0 Å². The largest absolute Gasteiger partial charge is 0.873 e. The minimum atomic E-state index is -0.371. The molecule has 6 radical (unpaired) electrons. The van der Waals surface area contributed by atoms with Gasteiger partial charge in [0.1, 0.15) is 0 Å². The van der Waals surface area contributed by atoms with Crippen molar-refractivity contribution in [2.24, 2.45) is 0 Å². The smallest absolute Gasteiger partial charge is 0 e. The van der Waals surface area contributed by atoms with Crippen molar-refractivity contribution in [1.29, 1.82) is 0 Å². The first-order chi connectivity index (χ1) is 10.2. The Kier molecular flexibility index (Phi) is 14.4. The Bertz CT molecular complexity index is 397. The topological polar surface area (TPSA) is 46.1 Å². The standard InChI is InChI=1S/C14H20O2.3C2H5.Sb/c1-13(2)5-6-14(3,4)10-8-12(16)11(15)7-9(10)13;3*1-2;/h7-8,15-16H,5-6H2,1-4H3;3*1H2,2H3;/p-2. The molecule has 23 heavy (non-hydrogen) atoms. The van der Waals surface area contributed by atoms with E-state index < -0.39 is 0 Å². The summed E-state index contributed by atoms with van der Waals surface area (Å²) in [4.78, 5) is 0. The van der Waals surface area contributed by atoms with Gasteiger partial charge in [-0.25, -0.2) is 0 Å². The van der Waals surface area contributed by atoms with Crippen LogP contribution in [-0.2, 0) is 10.8 Å². The molecule has 1 aromatic rings. The third kappa shape index (κ3) is 6.96. The molecule has 3 heteroatoms. The van der Waals surface area contributed by atoms with Gasteiger partial charge in [0.05, 0.1) is 0 Å². The summed E-state index contributed by atoms with van der Waals surface area (Å²) in [6.07, 6.45) is 2.12. The molecule has 1 aromatic carbocycles. The molecule has 0 fully saturated rings. The van der Waals surface area contributed by atoms with Gasteiger partial charge in [-0.3, -0.25) is 0 Å².